The van der Waals surface area contributed by atoms with Crippen molar-refractivity contribution >= 4 is 17.9 Å². The highest BCUT2D eigenvalue weighted by molar-refractivity contribution is 5.78. The summed E-state index contributed by atoms with van der Waals surface area (Å²) in [7, 11) is 0. The van der Waals surface area contributed by atoms with Crippen molar-refractivity contribution in [3.63, 3.8) is 0 Å². The van der Waals surface area contributed by atoms with Crippen LogP contribution in [-0.4, -0.2) is 45.3 Å². The van der Waals surface area contributed by atoms with E-state index < -0.39 is 30.0 Å². The number of hydrogen-bond acceptors (Lipinski definition) is 4. The Morgan fingerprint density at radius 2 is 1.59 bits per heavy atom. The lowest BCUT2D eigenvalue weighted by Crippen LogP contribution is -2.49. The SMILES string of the molecule is CC(C)C(N[C@@H](CCC(=O)O)C(=O)O)C(=O)O. The first-order valence-electron chi connectivity index (χ1n) is 5.19. The van der Waals surface area contributed by atoms with Crippen LogP contribution in [0.1, 0.15) is 26.7 Å². The third-order valence-corrected chi connectivity index (χ3v) is 2.26. The molecule has 2 atom stereocenters. The zero-order chi connectivity index (χ0) is 13.6. The zero-order valence-electron chi connectivity index (χ0n) is 9.71. The maximum atomic E-state index is 10.9. The van der Waals surface area contributed by atoms with Gasteiger partial charge < -0.3 is 15.3 Å². The molecular weight excluding hydrogens is 230 g/mol. The molecule has 7 heteroatoms. The van der Waals surface area contributed by atoms with Crippen LogP contribution in [0.2, 0.25) is 0 Å². The van der Waals surface area contributed by atoms with E-state index in [0.29, 0.717) is 0 Å². The standard InChI is InChI=1S/C10H17NO6/c1-5(2)8(10(16)17)11-6(9(14)15)3-4-7(12)13/h5-6,8,11H,3-4H2,1-2H3,(H,12,13)(H,14,15)(H,16,17)/t6-,8?/m0/s1. The number of hydrogen-bond donors (Lipinski definition) is 4. The van der Waals surface area contributed by atoms with E-state index in [1.165, 1.54) is 0 Å². The smallest absolute Gasteiger partial charge is 0.320 e. The average molecular weight is 247 g/mol. The fourth-order valence-electron chi connectivity index (χ4n) is 1.31. The Morgan fingerprint density at radius 1 is 1.06 bits per heavy atom. The minimum Gasteiger partial charge on any atom is -0.481 e. The van der Waals surface area contributed by atoms with E-state index in [0.717, 1.165) is 0 Å². The highest BCUT2D eigenvalue weighted by Gasteiger charge is 2.28. The first-order valence-corrected chi connectivity index (χ1v) is 5.19. The third kappa shape index (κ3) is 5.86. The van der Waals surface area contributed by atoms with Crippen LogP contribution in [0.4, 0.5) is 0 Å². The van der Waals surface area contributed by atoms with Crippen LogP contribution in [0.5, 0.6) is 0 Å². The van der Waals surface area contributed by atoms with Gasteiger partial charge in [0.25, 0.3) is 0 Å². The first kappa shape index (κ1) is 15.4. The Bertz CT molecular complexity index is 301. The summed E-state index contributed by atoms with van der Waals surface area (Å²) < 4.78 is 0. The summed E-state index contributed by atoms with van der Waals surface area (Å²) in [6.07, 6.45) is -0.477. The van der Waals surface area contributed by atoms with Crippen LogP contribution in [0, 0.1) is 5.92 Å². The van der Waals surface area contributed by atoms with Crippen LogP contribution >= 0.6 is 0 Å². The van der Waals surface area contributed by atoms with Crippen molar-refractivity contribution < 1.29 is 29.7 Å². The summed E-state index contributed by atoms with van der Waals surface area (Å²) >= 11 is 0. The second kappa shape index (κ2) is 6.85. The van der Waals surface area contributed by atoms with E-state index in [1.54, 1.807) is 13.8 Å². The average Bonchev–Trinajstić information content (AvgIpc) is 2.15. The van der Waals surface area contributed by atoms with E-state index in [9.17, 15) is 14.4 Å². The molecule has 0 aromatic rings. The fourth-order valence-corrected chi connectivity index (χ4v) is 1.31. The molecule has 4 N–H and O–H groups in total. The molecule has 0 aliphatic rings. The molecule has 0 aromatic heterocycles. The molecule has 0 amide bonds. The van der Waals surface area contributed by atoms with Gasteiger partial charge in [-0.05, 0) is 12.3 Å². The van der Waals surface area contributed by atoms with E-state index in [4.69, 9.17) is 15.3 Å². The Balaban J connectivity index is 4.56. The summed E-state index contributed by atoms with van der Waals surface area (Å²) in [4.78, 5) is 32.1. The molecule has 0 aliphatic heterocycles. The molecule has 0 aromatic carbocycles. The number of nitrogens with one attached hydrogen (secondary N) is 1. The second-order valence-corrected chi connectivity index (χ2v) is 4.05. The number of carboxylic acid groups (broad SMARTS) is 3. The molecular formula is C10H17NO6. The van der Waals surface area contributed by atoms with Gasteiger partial charge in [-0.1, -0.05) is 13.8 Å². The normalized spacial score (nSPS) is 14.3. The summed E-state index contributed by atoms with van der Waals surface area (Å²) in [6, 6.07) is -2.18. The summed E-state index contributed by atoms with van der Waals surface area (Å²) in [5.41, 5.74) is 0. The van der Waals surface area contributed by atoms with Crippen molar-refractivity contribution in [3.8, 4) is 0 Å². The molecule has 0 bridgehead atoms. The molecule has 1 unspecified atom stereocenters. The van der Waals surface area contributed by atoms with Gasteiger partial charge in [0.2, 0.25) is 0 Å². The Kier molecular flexibility index (Phi) is 6.19. The van der Waals surface area contributed by atoms with E-state index in [1.807, 2.05) is 0 Å². The van der Waals surface area contributed by atoms with E-state index >= 15 is 0 Å². The van der Waals surface area contributed by atoms with Gasteiger partial charge in [-0.25, -0.2) is 0 Å². The molecule has 0 radical (unpaired) electrons. The Morgan fingerprint density at radius 3 is 1.88 bits per heavy atom. The topological polar surface area (TPSA) is 124 Å². The van der Waals surface area contributed by atoms with Crippen molar-refractivity contribution in [2.45, 2.75) is 38.8 Å². The van der Waals surface area contributed by atoms with Crippen molar-refractivity contribution in [2.75, 3.05) is 0 Å². The van der Waals surface area contributed by atoms with Gasteiger partial charge in [-0.2, -0.15) is 0 Å². The van der Waals surface area contributed by atoms with Gasteiger partial charge in [0.1, 0.15) is 12.1 Å². The molecule has 0 spiro atoms. The van der Waals surface area contributed by atoms with Crippen LogP contribution in [0.3, 0.4) is 0 Å². The van der Waals surface area contributed by atoms with Crippen LogP contribution in [0.25, 0.3) is 0 Å². The maximum Gasteiger partial charge on any atom is 0.320 e. The molecule has 98 valence electrons. The summed E-state index contributed by atoms with van der Waals surface area (Å²) in [6.45, 7) is 3.28. The van der Waals surface area contributed by atoms with Gasteiger partial charge in [0, 0.05) is 6.42 Å². The van der Waals surface area contributed by atoms with Gasteiger partial charge in [0.05, 0.1) is 0 Å². The van der Waals surface area contributed by atoms with Crippen LogP contribution < -0.4 is 5.32 Å². The highest BCUT2D eigenvalue weighted by atomic mass is 16.4. The Hall–Kier alpha value is -1.63. The predicted octanol–water partition coefficient (Wildman–Crippen LogP) is 0.00320. The van der Waals surface area contributed by atoms with Gasteiger partial charge in [-0.3, -0.25) is 19.7 Å². The predicted molar refractivity (Wildman–Crippen MR) is 57.7 cm³/mol. The molecule has 0 fully saturated rings. The lowest BCUT2D eigenvalue weighted by molar-refractivity contribution is -0.143. The molecule has 0 saturated heterocycles. The minimum atomic E-state index is -1.25. The number of rotatable bonds is 8. The van der Waals surface area contributed by atoms with Crippen molar-refractivity contribution in [3.05, 3.63) is 0 Å². The molecule has 0 saturated carbocycles. The fraction of sp³-hybridized carbons (Fsp3) is 0.700. The number of carboxylic acids is 3. The van der Waals surface area contributed by atoms with Crippen molar-refractivity contribution in [1.82, 2.24) is 5.32 Å². The molecule has 0 heterocycles. The molecule has 0 rings (SSSR count). The zero-order valence-corrected chi connectivity index (χ0v) is 9.71. The number of carbonyl (C=O) groups is 3. The largest absolute Gasteiger partial charge is 0.481 e. The van der Waals surface area contributed by atoms with Crippen LogP contribution in [0.15, 0.2) is 0 Å². The van der Waals surface area contributed by atoms with E-state index in [-0.39, 0.29) is 18.8 Å². The lowest BCUT2D eigenvalue weighted by Gasteiger charge is -2.22. The maximum absolute atomic E-state index is 10.9. The third-order valence-electron chi connectivity index (χ3n) is 2.26. The van der Waals surface area contributed by atoms with Gasteiger partial charge >= 0.3 is 17.9 Å². The number of aliphatic carboxylic acids is 3. The highest BCUT2D eigenvalue weighted by Crippen LogP contribution is 2.06. The first-order chi connectivity index (χ1) is 7.75. The Labute approximate surface area is 98.4 Å². The quantitative estimate of drug-likeness (QED) is 0.476. The van der Waals surface area contributed by atoms with Crippen LogP contribution in [-0.2, 0) is 14.4 Å². The summed E-state index contributed by atoms with van der Waals surface area (Å²) in [5.74, 6) is -3.81. The van der Waals surface area contributed by atoms with E-state index in [2.05, 4.69) is 5.32 Å². The van der Waals surface area contributed by atoms with Crippen molar-refractivity contribution in [2.24, 2.45) is 5.92 Å². The van der Waals surface area contributed by atoms with Gasteiger partial charge in [-0.15, -0.1) is 0 Å². The molecule has 7 nitrogen and oxygen atoms in total. The van der Waals surface area contributed by atoms with Gasteiger partial charge in [0.15, 0.2) is 0 Å². The van der Waals surface area contributed by atoms with Crippen molar-refractivity contribution in [1.29, 1.82) is 0 Å². The molecule has 0 aliphatic carbocycles. The lowest BCUT2D eigenvalue weighted by atomic mass is 10.0. The second-order valence-electron chi connectivity index (χ2n) is 4.05. The minimum absolute atomic E-state index is 0.152. The molecule has 17 heavy (non-hydrogen) atoms. The summed E-state index contributed by atoms with van der Waals surface area (Å²) in [5, 5.41) is 28.6. The monoisotopic (exact) mass is 247 g/mol.